The maximum absolute atomic E-state index is 5.69. The van der Waals surface area contributed by atoms with Crippen LogP contribution in [0.15, 0.2) is 30.6 Å². The summed E-state index contributed by atoms with van der Waals surface area (Å²) in [6.45, 7) is 5.65. The molecule has 3 aromatic heterocycles. The molecule has 0 radical (unpaired) electrons. The zero-order chi connectivity index (χ0) is 25.4. The van der Waals surface area contributed by atoms with E-state index in [2.05, 4.69) is 38.0 Å². The highest BCUT2D eigenvalue weighted by Crippen LogP contribution is 2.37. The molecule has 2 aliphatic rings. The van der Waals surface area contributed by atoms with Crippen molar-refractivity contribution in [3.63, 3.8) is 0 Å². The van der Waals surface area contributed by atoms with Crippen molar-refractivity contribution in [2.24, 2.45) is 0 Å². The molecule has 37 heavy (non-hydrogen) atoms. The van der Waals surface area contributed by atoms with Crippen molar-refractivity contribution in [3.8, 4) is 22.9 Å². The summed E-state index contributed by atoms with van der Waals surface area (Å²) in [5, 5.41) is 0. The van der Waals surface area contributed by atoms with Gasteiger partial charge in [0, 0.05) is 50.0 Å². The second-order valence-electron chi connectivity index (χ2n) is 9.16. The molecule has 0 saturated carbocycles. The van der Waals surface area contributed by atoms with E-state index in [1.54, 1.807) is 38.0 Å². The highest BCUT2D eigenvalue weighted by atomic mass is 32.1. The lowest BCUT2D eigenvalue weighted by molar-refractivity contribution is 0.122. The molecule has 0 spiro atoms. The minimum atomic E-state index is 0.232. The Labute approximate surface area is 219 Å². The molecule has 0 aliphatic carbocycles. The van der Waals surface area contributed by atoms with Gasteiger partial charge in [-0.15, -0.1) is 11.3 Å². The molecule has 1 saturated heterocycles. The summed E-state index contributed by atoms with van der Waals surface area (Å²) in [6.07, 6.45) is 4.32. The van der Waals surface area contributed by atoms with E-state index in [0.717, 1.165) is 72.2 Å². The van der Waals surface area contributed by atoms with Crippen molar-refractivity contribution in [1.29, 1.82) is 0 Å². The first-order valence-electron chi connectivity index (χ1n) is 12.3. The van der Waals surface area contributed by atoms with Gasteiger partial charge >= 0.3 is 0 Å². The molecule has 2 N–H and O–H groups in total. The van der Waals surface area contributed by atoms with Gasteiger partial charge in [-0.05, 0) is 35.7 Å². The predicted octanol–water partition coefficient (Wildman–Crippen LogP) is 3.14. The Morgan fingerprint density at radius 3 is 2.43 bits per heavy atom. The van der Waals surface area contributed by atoms with Crippen LogP contribution in [0, 0.1) is 0 Å². The fourth-order valence-corrected chi connectivity index (χ4v) is 6.07. The molecule has 4 aromatic rings. The first-order valence-corrected chi connectivity index (χ1v) is 13.1. The smallest absolute Gasteiger partial charge is 0.219 e. The molecule has 5 heterocycles. The van der Waals surface area contributed by atoms with Gasteiger partial charge in [-0.1, -0.05) is 0 Å². The van der Waals surface area contributed by atoms with E-state index in [1.807, 2.05) is 0 Å². The van der Waals surface area contributed by atoms with Crippen molar-refractivity contribution in [1.82, 2.24) is 24.8 Å². The fraction of sp³-hybridized carbons (Fsp3) is 0.385. The van der Waals surface area contributed by atoms with Crippen LogP contribution in [0.25, 0.3) is 21.6 Å². The Balaban J connectivity index is 1.31. The second kappa shape index (κ2) is 10.1. The Hall–Kier alpha value is -3.54. The van der Waals surface area contributed by atoms with Crippen LogP contribution in [0.3, 0.4) is 0 Å². The van der Waals surface area contributed by atoms with E-state index >= 15 is 0 Å². The Morgan fingerprint density at radius 1 is 0.973 bits per heavy atom. The van der Waals surface area contributed by atoms with E-state index in [-0.39, 0.29) is 5.95 Å². The molecule has 192 valence electrons. The van der Waals surface area contributed by atoms with Gasteiger partial charge in [0.2, 0.25) is 5.95 Å². The fourth-order valence-electron chi connectivity index (χ4n) is 4.91. The van der Waals surface area contributed by atoms with Gasteiger partial charge in [0.25, 0.3) is 0 Å². The summed E-state index contributed by atoms with van der Waals surface area (Å²) in [5.74, 6) is 3.34. The standard InChI is InChI=1S/C26H29N7O3S/c1-34-21-9-16-3-4-32(14-17(16)10-22(21)35-2)15-19-11-20-23(37-19)25(33-5-7-36-8-6-33)31-24(30-20)18-12-28-26(27)29-13-18/h9-13H,3-8,14-15H2,1-2H3,(H2,27,28,29). The Kier molecular flexibility index (Phi) is 6.49. The van der Waals surface area contributed by atoms with Gasteiger partial charge < -0.3 is 24.8 Å². The maximum atomic E-state index is 5.69. The zero-order valence-corrected chi connectivity index (χ0v) is 21.8. The summed E-state index contributed by atoms with van der Waals surface area (Å²) in [6, 6.07) is 6.41. The number of hydrogen-bond acceptors (Lipinski definition) is 11. The number of aromatic nitrogens is 4. The van der Waals surface area contributed by atoms with Crippen molar-refractivity contribution in [3.05, 3.63) is 46.6 Å². The van der Waals surface area contributed by atoms with Crippen LogP contribution in [0.5, 0.6) is 11.5 Å². The number of nitrogens with zero attached hydrogens (tertiary/aromatic N) is 6. The number of ether oxygens (including phenoxy) is 3. The van der Waals surface area contributed by atoms with Gasteiger partial charge in [0.15, 0.2) is 23.1 Å². The van der Waals surface area contributed by atoms with Crippen molar-refractivity contribution >= 4 is 33.3 Å². The minimum Gasteiger partial charge on any atom is -0.493 e. The predicted molar refractivity (Wildman–Crippen MR) is 143 cm³/mol. The van der Waals surface area contributed by atoms with Crippen molar-refractivity contribution in [2.75, 3.05) is 57.7 Å². The molecular weight excluding hydrogens is 490 g/mol. The van der Waals surface area contributed by atoms with Crippen LogP contribution < -0.4 is 20.1 Å². The summed E-state index contributed by atoms with van der Waals surface area (Å²) < 4.78 is 17.7. The van der Waals surface area contributed by atoms with E-state index in [0.29, 0.717) is 19.0 Å². The summed E-state index contributed by atoms with van der Waals surface area (Å²) in [5.41, 5.74) is 9.98. The summed E-state index contributed by atoms with van der Waals surface area (Å²) in [4.78, 5) is 24.1. The average molecular weight is 520 g/mol. The number of anilines is 2. The molecule has 2 aliphatic heterocycles. The number of thiophene rings is 1. The second-order valence-corrected chi connectivity index (χ2v) is 10.3. The molecule has 1 aromatic carbocycles. The van der Waals surface area contributed by atoms with Crippen molar-refractivity contribution < 1.29 is 14.2 Å². The average Bonchev–Trinajstić information content (AvgIpc) is 3.34. The van der Waals surface area contributed by atoms with E-state index in [1.165, 1.54) is 16.0 Å². The van der Waals surface area contributed by atoms with Gasteiger partial charge in [-0.2, -0.15) is 0 Å². The van der Waals surface area contributed by atoms with Crippen LogP contribution in [0.4, 0.5) is 11.8 Å². The first kappa shape index (κ1) is 23.8. The van der Waals surface area contributed by atoms with E-state index in [4.69, 9.17) is 29.9 Å². The number of nitrogens with two attached hydrogens (primary N) is 1. The molecule has 11 heteroatoms. The minimum absolute atomic E-state index is 0.232. The number of methoxy groups -OCH3 is 2. The van der Waals surface area contributed by atoms with Crippen LogP contribution in [-0.4, -0.2) is 71.9 Å². The van der Waals surface area contributed by atoms with E-state index in [9.17, 15) is 0 Å². The lowest BCUT2D eigenvalue weighted by atomic mass is 9.99. The number of nitrogen functional groups attached to an aromatic ring is 1. The highest BCUT2D eigenvalue weighted by molar-refractivity contribution is 7.19. The number of fused-ring (bicyclic) bond motifs is 2. The maximum Gasteiger partial charge on any atom is 0.219 e. The molecular formula is C26H29N7O3S. The normalized spacial score (nSPS) is 16.1. The summed E-state index contributed by atoms with van der Waals surface area (Å²) >= 11 is 1.77. The number of benzene rings is 1. The third-order valence-corrected chi connectivity index (χ3v) is 7.93. The molecule has 6 rings (SSSR count). The summed E-state index contributed by atoms with van der Waals surface area (Å²) in [7, 11) is 3.36. The zero-order valence-electron chi connectivity index (χ0n) is 20.9. The largest absolute Gasteiger partial charge is 0.493 e. The lowest BCUT2D eigenvalue weighted by Crippen LogP contribution is -2.36. The number of rotatable bonds is 6. The number of hydrogen-bond donors (Lipinski definition) is 1. The first-order chi connectivity index (χ1) is 18.1. The monoisotopic (exact) mass is 519 g/mol. The van der Waals surface area contributed by atoms with Crippen LogP contribution in [0.1, 0.15) is 16.0 Å². The van der Waals surface area contributed by atoms with Gasteiger partial charge in [-0.3, -0.25) is 4.90 Å². The van der Waals surface area contributed by atoms with Crippen LogP contribution in [0.2, 0.25) is 0 Å². The SMILES string of the molecule is COc1cc2c(cc1OC)CN(Cc1cc3nc(-c4cnc(N)nc4)nc(N4CCOCC4)c3s1)CC2. The van der Waals surface area contributed by atoms with Crippen LogP contribution in [-0.2, 0) is 24.2 Å². The molecule has 10 nitrogen and oxygen atoms in total. The lowest BCUT2D eigenvalue weighted by Gasteiger charge is -2.29. The van der Waals surface area contributed by atoms with Gasteiger partial charge in [0.05, 0.1) is 43.2 Å². The third-order valence-electron chi connectivity index (χ3n) is 6.82. The van der Waals surface area contributed by atoms with Crippen LogP contribution >= 0.6 is 11.3 Å². The molecule has 1 fully saturated rings. The van der Waals surface area contributed by atoms with Gasteiger partial charge in [0.1, 0.15) is 0 Å². The highest BCUT2D eigenvalue weighted by Gasteiger charge is 2.23. The Bertz CT molecular complexity index is 1420. The molecule has 0 unspecified atom stereocenters. The Morgan fingerprint density at radius 2 is 1.70 bits per heavy atom. The van der Waals surface area contributed by atoms with E-state index < -0.39 is 0 Å². The molecule has 0 atom stereocenters. The topological polar surface area (TPSA) is 112 Å². The molecule has 0 bridgehead atoms. The third kappa shape index (κ3) is 4.77. The van der Waals surface area contributed by atoms with Crippen molar-refractivity contribution in [2.45, 2.75) is 19.5 Å². The van der Waals surface area contributed by atoms with Gasteiger partial charge in [-0.25, -0.2) is 19.9 Å². The number of morpholine rings is 1. The molecule has 0 amide bonds. The quantitative estimate of drug-likeness (QED) is 0.408.